The molecule has 0 spiro atoms. The van der Waals surface area contributed by atoms with Crippen LogP contribution in [0.15, 0.2) is 0 Å². The van der Waals surface area contributed by atoms with Crippen LogP contribution in [0.25, 0.3) is 0 Å². The van der Waals surface area contributed by atoms with Crippen molar-refractivity contribution in [3.05, 3.63) is 0 Å². The number of nitriles is 1. The van der Waals surface area contributed by atoms with Crippen LogP contribution in [0, 0.1) is 11.3 Å². The molecule has 0 aromatic carbocycles. The average molecular weight is 235 g/mol. The molecule has 2 rings (SSSR count). The predicted octanol–water partition coefficient (Wildman–Crippen LogP) is 2.29. The summed E-state index contributed by atoms with van der Waals surface area (Å²) >= 11 is 0. The topological polar surface area (TPSA) is 39.1 Å². The van der Waals surface area contributed by atoms with Gasteiger partial charge in [0.15, 0.2) is 0 Å². The third kappa shape index (κ3) is 3.00. The fourth-order valence-corrected chi connectivity index (χ4v) is 3.25. The molecule has 2 aliphatic rings. The molecular formula is C14H25N3. The Labute approximate surface area is 105 Å². The first-order valence-corrected chi connectivity index (χ1v) is 7.04. The molecule has 1 saturated heterocycles. The van der Waals surface area contributed by atoms with Crippen LogP contribution in [-0.2, 0) is 0 Å². The second kappa shape index (κ2) is 5.37. The zero-order chi connectivity index (χ0) is 12.3. The minimum Gasteiger partial charge on any atom is -0.303 e. The standard InChI is InChI=1S/C14H25N3/c1-12-10-14(11-15,8-9-17(12)2)16-13-6-4-3-5-7-13/h12-13,16H,3-10H2,1-2H3. The first kappa shape index (κ1) is 12.9. The molecule has 0 aromatic rings. The molecule has 0 bridgehead atoms. The highest BCUT2D eigenvalue weighted by atomic mass is 15.2. The van der Waals surface area contributed by atoms with Crippen molar-refractivity contribution in [3.8, 4) is 6.07 Å². The van der Waals surface area contributed by atoms with Crippen molar-refractivity contribution in [2.24, 2.45) is 0 Å². The summed E-state index contributed by atoms with van der Waals surface area (Å²) in [6.45, 7) is 3.27. The van der Waals surface area contributed by atoms with Crippen LogP contribution in [0.1, 0.15) is 51.9 Å². The van der Waals surface area contributed by atoms with E-state index < -0.39 is 0 Å². The summed E-state index contributed by atoms with van der Waals surface area (Å²) in [4.78, 5) is 2.36. The fraction of sp³-hybridized carbons (Fsp3) is 0.929. The van der Waals surface area contributed by atoms with Gasteiger partial charge in [0, 0.05) is 18.6 Å². The third-order valence-corrected chi connectivity index (χ3v) is 4.59. The molecule has 2 unspecified atom stereocenters. The van der Waals surface area contributed by atoms with Gasteiger partial charge in [-0.15, -0.1) is 0 Å². The van der Waals surface area contributed by atoms with Crippen molar-refractivity contribution in [2.75, 3.05) is 13.6 Å². The van der Waals surface area contributed by atoms with Gasteiger partial charge in [-0.3, -0.25) is 5.32 Å². The fourth-order valence-electron chi connectivity index (χ4n) is 3.25. The minimum atomic E-state index is -0.256. The maximum atomic E-state index is 9.55. The molecule has 0 radical (unpaired) electrons. The van der Waals surface area contributed by atoms with Crippen molar-refractivity contribution in [3.63, 3.8) is 0 Å². The highest BCUT2D eigenvalue weighted by molar-refractivity contribution is 5.12. The quantitative estimate of drug-likeness (QED) is 0.798. The Kier molecular flexibility index (Phi) is 4.06. The molecule has 2 fully saturated rings. The van der Waals surface area contributed by atoms with E-state index in [2.05, 4.69) is 30.3 Å². The molecule has 96 valence electrons. The highest BCUT2D eigenvalue weighted by Crippen LogP contribution is 2.28. The van der Waals surface area contributed by atoms with Crippen molar-refractivity contribution in [2.45, 2.75) is 69.5 Å². The minimum absolute atomic E-state index is 0.256. The molecule has 1 saturated carbocycles. The van der Waals surface area contributed by atoms with Crippen LogP contribution >= 0.6 is 0 Å². The Bertz CT molecular complexity index is 290. The normalized spacial score (nSPS) is 36.6. The number of nitrogens with zero attached hydrogens (tertiary/aromatic N) is 2. The van der Waals surface area contributed by atoms with Gasteiger partial charge in [0.25, 0.3) is 0 Å². The molecular weight excluding hydrogens is 210 g/mol. The van der Waals surface area contributed by atoms with Gasteiger partial charge >= 0.3 is 0 Å². The summed E-state index contributed by atoms with van der Waals surface area (Å²) in [5, 5.41) is 13.2. The lowest BCUT2D eigenvalue weighted by molar-refractivity contribution is 0.124. The number of hydrogen-bond acceptors (Lipinski definition) is 3. The summed E-state index contributed by atoms with van der Waals surface area (Å²) in [5.41, 5.74) is -0.256. The molecule has 2 atom stereocenters. The van der Waals surface area contributed by atoms with Crippen LogP contribution in [-0.4, -0.2) is 36.1 Å². The van der Waals surface area contributed by atoms with Gasteiger partial charge in [-0.1, -0.05) is 19.3 Å². The van der Waals surface area contributed by atoms with E-state index >= 15 is 0 Å². The SMILES string of the molecule is CC1CC(C#N)(NC2CCCCC2)CCN1C. The number of hydrogen-bond donors (Lipinski definition) is 1. The number of likely N-dealkylation sites (tertiary alicyclic amines) is 1. The van der Waals surface area contributed by atoms with Crippen molar-refractivity contribution in [1.29, 1.82) is 5.26 Å². The van der Waals surface area contributed by atoms with Gasteiger partial charge in [-0.05, 0) is 39.7 Å². The summed E-state index contributed by atoms with van der Waals surface area (Å²) in [6.07, 6.45) is 8.48. The lowest BCUT2D eigenvalue weighted by Crippen LogP contribution is -2.57. The largest absolute Gasteiger partial charge is 0.303 e. The molecule has 1 aliphatic heterocycles. The van der Waals surface area contributed by atoms with E-state index in [0.29, 0.717) is 12.1 Å². The highest BCUT2D eigenvalue weighted by Gasteiger charge is 2.38. The van der Waals surface area contributed by atoms with E-state index in [9.17, 15) is 5.26 Å². The van der Waals surface area contributed by atoms with Crippen LogP contribution in [0.2, 0.25) is 0 Å². The maximum absolute atomic E-state index is 9.55. The van der Waals surface area contributed by atoms with E-state index in [1.54, 1.807) is 0 Å². The first-order valence-electron chi connectivity index (χ1n) is 7.04. The van der Waals surface area contributed by atoms with E-state index in [-0.39, 0.29) is 5.54 Å². The van der Waals surface area contributed by atoms with Crippen molar-refractivity contribution < 1.29 is 0 Å². The lowest BCUT2D eigenvalue weighted by Gasteiger charge is -2.43. The Morgan fingerprint density at radius 1 is 1.29 bits per heavy atom. The number of piperidine rings is 1. The predicted molar refractivity (Wildman–Crippen MR) is 69.7 cm³/mol. The van der Waals surface area contributed by atoms with Crippen LogP contribution in [0.5, 0.6) is 0 Å². The number of rotatable bonds is 2. The zero-order valence-electron chi connectivity index (χ0n) is 11.2. The Morgan fingerprint density at radius 3 is 2.59 bits per heavy atom. The third-order valence-electron chi connectivity index (χ3n) is 4.59. The average Bonchev–Trinajstić information content (AvgIpc) is 2.35. The summed E-state index contributed by atoms with van der Waals surface area (Å²) in [7, 11) is 2.16. The molecule has 1 aliphatic carbocycles. The van der Waals surface area contributed by atoms with Gasteiger partial charge in [-0.25, -0.2) is 0 Å². The van der Waals surface area contributed by atoms with Gasteiger partial charge < -0.3 is 4.90 Å². The number of nitrogens with one attached hydrogen (secondary N) is 1. The molecule has 3 heteroatoms. The molecule has 1 heterocycles. The van der Waals surface area contributed by atoms with E-state index in [4.69, 9.17) is 0 Å². The van der Waals surface area contributed by atoms with Crippen molar-refractivity contribution in [1.82, 2.24) is 10.2 Å². The van der Waals surface area contributed by atoms with Gasteiger partial charge in [0.1, 0.15) is 5.54 Å². The van der Waals surface area contributed by atoms with Gasteiger partial charge in [0.05, 0.1) is 6.07 Å². The Morgan fingerprint density at radius 2 is 2.00 bits per heavy atom. The second-order valence-corrected chi connectivity index (χ2v) is 5.96. The lowest BCUT2D eigenvalue weighted by atomic mass is 9.83. The van der Waals surface area contributed by atoms with Crippen LogP contribution < -0.4 is 5.32 Å². The van der Waals surface area contributed by atoms with E-state index in [0.717, 1.165) is 19.4 Å². The molecule has 0 amide bonds. The Hall–Kier alpha value is -0.590. The van der Waals surface area contributed by atoms with Crippen molar-refractivity contribution >= 4 is 0 Å². The van der Waals surface area contributed by atoms with Gasteiger partial charge in [0.2, 0.25) is 0 Å². The van der Waals surface area contributed by atoms with E-state index in [1.165, 1.54) is 32.1 Å². The van der Waals surface area contributed by atoms with Crippen LogP contribution in [0.3, 0.4) is 0 Å². The Balaban J connectivity index is 1.97. The summed E-state index contributed by atoms with van der Waals surface area (Å²) < 4.78 is 0. The van der Waals surface area contributed by atoms with E-state index in [1.807, 2.05) is 0 Å². The second-order valence-electron chi connectivity index (χ2n) is 5.96. The smallest absolute Gasteiger partial charge is 0.109 e. The molecule has 0 aromatic heterocycles. The van der Waals surface area contributed by atoms with Gasteiger partial charge in [-0.2, -0.15) is 5.26 Å². The summed E-state index contributed by atoms with van der Waals surface area (Å²) in [6, 6.07) is 3.67. The maximum Gasteiger partial charge on any atom is 0.109 e. The molecule has 1 N–H and O–H groups in total. The summed E-state index contributed by atoms with van der Waals surface area (Å²) in [5.74, 6) is 0. The molecule has 3 nitrogen and oxygen atoms in total. The monoisotopic (exact) mass is 235 g/mol. The molecule has 17 heavy (non-hydrogen) atoms. The zero-order valence-corrected chi connectivity index (χ0v) is 11.2. The van der Waals surface area contributed by atoms with Crippen LogP contribution in [0.4, 0.5) is 0 Å². The first-order chi connectivity index (χ1) is 8.15.